The van der Waals surface area contributed by atoms with Gasteiger partial charge in [0.2, 0.25) is 0 Å². The van der Waals surface area contributed by atoms with E-state index < -0.39 is 10.8 Å². The van der Waals surface area contributed by atoms with E-state index in [0.717, 1.165) is 12.0 Å². The summed E-state index contributed by atoms with van der Waals surface area (Å²) in [5, 5.41) is 20.0. The van der Waals surface area contributed by atoms with Gasteiger partial charge in [0, 0.05) is 23.3 Å². The predicted molar refractivity (Wildman–Crippen MR) is 73.8 cm³/mol. The summed E-state index contributed by atoms with van der Waals surface area (Å²) in [5.74, 6) is 0.109. The summed E-state index contributed by atoms with van der Waals surface area (Å²) in [6, 6.07) is 4.28. The largest absolute Gasteiger partial charge is 0.307 e. The molecule has 1 aromatic heterocycles. The maximum atomic E-state index is 12.1. The number of nitro groups is 1. The number of hydrogen-bond donors (Lipinski definition) is 2. The molecule has 0 radical (unpaired) electrons. The Morgan fingerprint density at radius 1 is 1.45 bits per heavy atom. The summed E-state index contributed by atoms with van der Waals surface area (Å²) in [6.45, 7) is 3.65. The molecule has 0 aliphatic rings. The molecule has 0 saturated heterocycles. The molecule has 0 aliphatic heterocycles. The number of carbonyl (C=O) groups is 1. The molecular weight excluding hydrogens is 260 g/mol. The van der Waals surface area contributed by atoms with E-state index in [0.29, 0.717) is 11.4 Å². The van der Waals surface area contributed by atoms with Crippen LogP contribution in [-0.2, 0) is 6.42 Å². The van der Waals surface area contributed by atoms with Crippen LogP contribution in [0.15, 0.2) is 24.4 Å². The fourth-order valence-electron chi connectivity index (χ4n) is 1.87. The van der Waals surface area contributed by atoms with Crippen LogP contribution in [0.5, 0.6) is 0 Å². The van der Waals surface area contributed by atoms with Crippen molar-refractivity contribution in [3.05, 3.63) is 51.2 Å². The molecular formula is C13H14N4O3. The van der Waals surface area contributed by atoms with Gasteiger partial charge in [0.15, 0.2) is 0 Å². The number of nitrogens with zero attached hydrogens (tertiary/aromatic N) is 2. The van der Waals surface area contributed by atoms with Crippen LogP contribution in [-0.4, -0.2) is 21.0 Å². The number of hydrogen-bond acceptors (Lipinski definition) is 4. The van der Waals surface area contributed by atoms with Gasteiger partial charge < -0.3 is 5.32 Å². The van der Waals surface area contributed by atoms with Gasteiger partial charge >= 0.3 is 0 Å². The second-order valence-corrected chi connectivity index (χ2v) is 4.39. The molecule has 0 saturated carbocycles. The van der Waals surface area contributed by atoms with Crippen LogP contribution in [0.3, 0.4) is 0 Å². The number of benzene rings is 1. The SMILES string of the molecule is CCc1cn[nH]c1NC(=O)c1cc(C)cc([N+](=O)[O-])c1. The lowest BCUT2D eigenvalue weighted by atomic mass is 10.1. The van der Waals surface area contributed by atoms with Crippen LogP contribution < -0.4 is 5.32 Å². The van der Waals surface area contributed by atoms with Gasteiger partial charge in [0.1, 0.15) is 5.82 Å². The summed E-state index contributed by atoms with van der Waals surface area (Å²) in [7, 11) is 0. The van der Waals surface area contributed by atoms with E-state index in [4.69, 9.17) is 0 Å². The van der Waals surface area contributed by atoms with Crippen molar-refractivity contribution in [3.8, 4) is 0 Å². The Kier molecular flexibility index (Phi) is 3.79. The van der Waals surface area contributed by atoms with Gasteiger partial charge in [-0.1, -0.05) is 6.92 Å². The van der Waals surface area contributed by atoms with Gasteiger partial charge in [-0.15, -0.1) is 0 Å². The van der Waals surface area contributed by atoms with Crippen molar-refractivity contribution in [1.82, 2.24) is 10.2 Å². The molecule has 2 aromatic rings. The molecule has 1 aromatic carbocycles. The van der Waals surface area contributed by atoms with E-state index in [9.17, 15) is 14.9 Å². The molecule has 1 amide bonds. The van der Waals surface area contributed by atoms with E-state index >= 15 is 0 Å². The lowest BCUT2D eigenvalue weighted by molar-refractivity contribution is -0.384. The normalized spacial score (nSPS) is 10.3. The van der Waals surface area contributed by atoms with Crippen LogP contribution >= 0.6 is 0 Å². The average molecular weight is 274 g/mol. The first-order valence-corrected chi connectivity index (χ1v) is 6.11. The predicted octanol–water partition coefficient (Wildman–Crippen LogP) is 2.44. The molecule has 0 aliphatic carbocycles. The number of nitrogens with one attached hydrogen (secondary N) is 2. The zero-order valence-corrected chi connectivity index (χ0v) is 11.1. The molecule has 0 atom stereocenters. The van der Waals surface area contributed by atoms with Crippen LogP contribution in [0.2, 0.25) is 0 Å². The minimum Gasteiger partial charge on any atom is -0.307 e. The lowest BCUT2D eigenvalue weighted by Crippen LogP contribution is -2.13. The van der Waals surface area contributed by atoms with E-state index in [1.807, 2.05) is 6.92 Å². The summed E-state index contributed by atoms with van der Waals surface area (Å²) < 4.78 is 0. The summed E-state index contributed by atoms with van der Waals surface area (Å²) >= 11 is 0. The van der Waals surface area contributed by atoms with Crippen molar-refractivity contribution in [2.24, 2.45) is 0 Å². The first-order chi connectivity index (χ1) is 9.51. The van der Waals surface area contributed by atoms with E-state index in [1.165, 1.54) is 12.1 Å². The molecule has 1 heterocycles. The molecule has 20 heavy (non-hydrogen) atoms. The smallest absolute Gasteiger partial charge is 0.270 e. The molecule has 7 nitrogen and oxygen atoms in total. The maximum absolute atomic E-state index is 12.1. The highest BCUT2D eigenvalue weighted by Crippen LogP contribution is 2.18. The monoisotopic (exact) mass is 274 g/mol. The van der Waals surface area contributed by atoms with Crippen LogP contribution in [0.1, 0.15) is 28.4 Å². The van der Waals surface area contributed by atoms with Gasteiger partial charge in [-0.25, -0.2) is 0 Å². The molecule has 2 rings (SSSR count). The number of H-pyrrole nitrogens is 1. The van der Waals surface area contributed by atoms with Gasteiger partial charge in [-0.05, 0) is 25.0 Å². The van der Waals surface area contributed by atoms with Crippen molar-refractivity contribution >= 4 is 17.4 Å². The number of rotatable bonds is 4. The molecule has 0 spiro atoms. The Hall–Kier alpha value is -2.70. The van der Waals surface area contributed by atoms with Gasteiger partial charge in [-0.2, -0.15) is 5.10 Å². The second kappa shape index (κ2) is 5.52. The maximum Gasteiger partial charge on any atom is 0.270 e. The zero-order valence-electron chi connectivity index (χ0n) is 11.1. The third-order valence-electron chi connectivity index (χ3n) is 2.87. The number of nitro benzene ring substituents is 1. The number of aryl methyl sites for hydroxylation is 2. The molecule has 104 valence electrons. The number of carbonyl (C=O) groups excluding carboxylic acids is 1. The van der Waals surface area contributed by atoms with Crippen molar-refractivity contribution in [2.75, 3.05) is 5.32 Å². The molecule has 0 unspecified atom stereocenters. The highest BCUT2D eigenvalue weighted by Gasteiger charge is 2.15. The Balaban J connectivity index is 2.27. The molecule has 0 fully saturated rings. The van der Waals surface area contributed by atoms with Crippen molar-refractivity contribution in [1.29, 1.82) is 0 Å². The summed E-state index contributed by atoms with van der Waals surface area (Å²) in [4.78, 5) is 22.4. The van der Waals surface area contributed by atoms with Crippen LogP contribution in [0.25, 0.3) is 0 Å². The Morgan fingerprint density at radius 2 is 2.20 bits per heavy atom. The summed E-state index contributed by atoms with van der Waals surface area (Å²) in [5.41, 5.74) is 1.68. The third-order valence-corrected chi connectivity index (χ3v) is 2.87. The van der Waals surface area contributed by atoms with Crippen molar-refractivity contribution in [2.45, 2.75) is 20.3 Å². The fourth-order valence-corrected chi connectivity index (χ4v) is 1.87. The molecule has 2 N–H and O–H groups in total. The van der Waals surface area contributed by atoms with E-state index in [2.05, 4.69) is 15.5 Å². The number of aromatic nitrogens is 2. The van der Waals surface area contributed by atoms with Crippen molar-refractivity contribution in [3.63, 3.8) is 0 Å². The van der Waals surface area contributed by atoms with Gasteiger partial charge in [0.05, 0.1) is 11.1 Å². The van der Waals surface area contributed by atoms with Gasteiger partial charge in [-0.3, -0.25) is 20.0 Å². The number of non-ortho nitro benzene ring substituents is 1. The minimum atomic E-state index is -0.516. The fraction of sp³-hybridized carbons (Fsp3) is 0.231. The highest BCUT2D eigenvalue weighted by atomic mass is 16.6. The standard InChI is InChI=1S/C13H14N4O3/c1-3-9-7-14-16-12(9)15-13(18)10-4-8(2)5-11(6-10)17(19)20/h4-7H,3H2,1-2H3,(H2,14,15,16,18). The highest BCUT2D eigenvalue weighted by molar-refractivity contribution is 6.04. The topological polar surface area (TPSA) is 101 Å². The Labute approximate surface area is 115 Å². The van der Waals surface area contributed by atoms with Crippen molar-refractivity contribution < 1.29 is 9.72 Å². The molecule has 7 heteroatoms. The zero-order chi connectivity index (χ0) is 14.7. The number of aromatic amines is 1. The quantitative estimate of drug-likeness (QED) is 0.660. The average Bonchev–Trinajstić information content (AvgIpc) is 2.85. The van der Waals surface area contributed by atoms with Crippen LogP contribution in [0.4, 0.5) is 11.5 Å². The number of anilines is 1. The van der Waals surface area contributed by atoms with E-state index in [-0.39, 0.29) is 11.3 Å². The summed E-state index contributed by atoms with van der Waals surface area (Å²) in [6.07, 6.45) is 2.36. The lowest BCUT2D eigenvalue weighted by Gasteiger charge is -2.05. The van der Waals surface area contributed by atoms with E-state index in [1.54, 1.807) is 19.2 Å². The Bertz CT molecular complexity index is 663. The second-order valence-electron chi connectivity index (χ2n) is 4.39. The van der Waals surface area contributed by atoms with Crippen LogP contribution in [0, 0.1) is 17.0 Å². The number of amides is 1. The minimum absolute atomic E-state index is 0.101. The Morgan fingerprint density at radius 3 is 2.85 bits per heavy atom. The molecule has 0 bridgehead atoms. The first kappa shape index (κ1) is 13.7. The third kappa shape index (κ3) is 2.82. The first-order valence-electron chi connectivity index (χ1n) is 6.11. The van der Waals surface area contributed by atoms with Gasteiger partial charge in [0.25, 0.3) is 11.6 Å².